The molecule has 23 heavy (non-hydrogen) atoms. The van der Waals surface area contributed by atoms with Crippen molar-refractivity contribution in [1.82, 2.24) is 19.5 Å². The molecule has 9 nitrogen and oxygen atoms in total. The molecule has 0 saturated carbocycles. The Hall–Kier alpha value is -3.07. The number of nitrogen functional groups attached to an aromatic ring is 1. The van der Waals surface area contributed by atoms with E-state index in [0.29, 0.717) is 18.8 Å². The van der Waals surface area contributed by atoms with Crippen LogP contribution in [0.5, 0.6) is 0 Å². The zero-order valence-electron chi connectivity index (χ0n) is 12.2. The van der Waals surface area contributed by atoms with Gasteiger partial charge in [0.25, 0.3) is 5.56 Å². The first-order valence-corrected chi connectivity index (χ1v) is 6.95. The van der Waals surface area contributed by atoms with Crippen LogP contribution < -0.4 is 11.3 Å². The number of nitrogens with one attached hydrogen (secondary N) is 1. The van der Waals surface area contributed by atoms with E-state index in [1.165, 1.54) is 6.33 Å². The van der Waals surface area contributed by atoms with Gasteiger partial charge in [-0.3, -0.25) is 14.3 Å². The van der Waals surface area contributed by atoms with Crippen molar-refractivity contribution in [2.75, 3.05) is 18.9 Å². The van der Waals surface area contributed by atoms with Crippen molar-refractivity contribution >= 4 is 22.8 Å². The van der Waals surface area contributed by atoms with Gasteiger partial charge in [-0.2, -0.15) is 15.2 Å². The van der Waals surface area contributed by atoms with E-state index in [1.54, 1.807) is 4.57 Å². The quantitative estimate of drug-likeness (QED) is 0.526. The van der Waals surface area contributed by atoms with E-state index in [2.05, 4.69) is 25.2 Å². The second-order valence-electron chi connectivity index (χ2n) is 4.68. The van der Waals surface area contributed by atoms with Crippen LogP contribution in [-0.4, -0.2) is 32.7 Å². The van der Waals surface area contributed by atoms with E-state index in [9.17, 15) is 4.79 Å². The average molecular weight is 313 g/mol. The largest absolute Gasteiger partial charge is 0.369 e. The molecule has 3 rings (SSSR count). The molecule has 0 atom stereocenters. The molecule has 2 heterocycles. The maximum Gasteiger partial charge on any atom is 0.280 e. The number of aromatic nitrogens is 4. The first-order valence-electron chi connectivity index (χ1n) is 6.95. The monoisotopic (exact) mass is 313 g/mol. The van der Waals surface area contributed by atoms with Crippen molar-refractivity contribution in [3.8, 4) is 0 Å². The number of nitrogens with zero attached hydrogens (tertiary/aromatic N) is 5. The summed E-state index contributed by atoms with van der Waals surface area (Å²) in [6, 6.07) is 9.46. The minimum atomic E-state index is -0.372. The normalized spacial score (nSPS) is 11.5. The number of ether oxygens (including phenoxy) is 1. The van der Waals surface area contributed by atoms with Crippen LogP contribution in [0, 0.1) is 0 Å². The summed E-state index contributed by atoms with van der Waals surface area (Å²) in [7, 11) is 0. The van der Waals surface area contributed by atoms with Gasteiger partial charge < -0.3 is 10.5 Å². The van der Waals surface area contributed by atoms with Gasteiger partial charge in [-0.1, -0.05) is 18.2 Å². The van der Waals surface area contributed by atoms with Crippen molar-refractivity contribution in [1.29, 1.82) is 0 Å². The molecule has 0 aliphatic rings. The molecule has 1 aromatic carbocycles. The number of benzene rings is 1. The number of nitrogens with two attached hydrogens (primary N) is 1. The second kappa shape index (κ2) is 6.79. The maximum absolute atomic E-state index is 11.6. The Morgan fingerprint density at radius 3 is 2.96 bits per heavy atom. The summed E-state index contributed by atoms with van der Waals surface area (Å²) in [4.78, 5) is 22.1. The highest BCUT2D eigenvalue weighted by Gasteiger charge is 2.08. The first kappa shape index (κ1) is 14.9. The highest BCUT2D eigenvalue weighted by atomic mass is 16.5. The summed E-state index contributed by atoms with van der Waals surface area (Å²) in [6.07, 6.45) is 1.48. The summed E-state index contributed by atoms with van der Waals surface area (Å²) in [6.45, 7) is 1.01. The number of imidazole rings is 1. The van der Waals surface area contributed by atoms with Crippen LogP contribution in [0.2, 0.25) is 0 Å². The third-order valence-corrected chi connectivity index (χ3v) is 3.00. The molecule has 118 valence electrons. The summed E-state index contributed by atoms with van der Waals surface area (Å²) in [5, 5.41) is 8.10. The van der Waals surface area contributed by atoms with Gasteiger partial charge in [-0.15, -0.1) is 0 Å². The number of fused-ring (bicyclic) bond motifs is 1. The molecule has 0 aliphatic heterocycles. The number of azo groups is 1. The van der Waals surface area contributed by atoms with E-state index in [-0.39, 0.29) is 23.8 Å². The lowest BCUT2D eigenvalue weighted by molar-refractivity contribution is 0.0849. The highest BCUT2D eigenvalue weighted by molar-refractivity contribution is 5.70. The lowest BCUT2D eigenvalue weighted by atomic mass is 10.3. The molecule has 0 spiro atoms. The number of hydrogen-bond acceptors (Lipinski definition) is 7. The van der Waals surface area contributed by atoms with Crippen molar-refractivity contribution in [3.63, 3.8) is 0 Å². The summed E-state index contributed by atoms with van der Waals surface area (Å²) in [5.41, 5.74) is 6.57. The van der Waals surface area contributed by atoms with Gasteiger partial charge in [-0.25, -0.2) is 4.98 Å². The number of aromatic amines is 1. The lowest BCUT2D eigenvalue weighted by Gasteiger charge is -2.04. The standard InChI is InChI=1S/C14H15N7O2/c15-14-18-12-11(13(22)19-14)16-8-21(12)9-23-7-6-17-20-10-4-2-1-3-5-10/h1-5,8H,6-7,9H2,(H3,15,18,19,22). The van der Waals surface area contributed by atoms with E-state index in [1.807, 2.05) is 30.3 Å². The maximum atomic E-state index is 11.6. The van der Waals surface area contributed by atoms with Crippen LogP contribution in [0.4, 0.5) is 11.6 Å². The predicted molar refractivity (Wildman–Crippen MR) is 84.3 cm³/mol. The lowest BCUT2D eigenvalue weighted by Crippen LogP contribution is -2.13. The van der Waals surface area contributed by atoms with Crippen LogP contribution in [0.1, 0.15) is 0 Å². The van der Waals surface area contributed by atoms with Gasteiger partial charge >= 0.3 is 0 Å². The Labute approximate surface area is 130 Å². The molecule has 0 amide bonds. The minimum absolute atomic E-state index is 0.0425. The van der Waals surface area contributed by atoms with E-state index in [0.717, 1.165) is 5.69 Å². The third kappa shape index (κ3) is 3.58. The molecule has 3 aromatic rings. The van der Waals surface area contributed by atoms with Crippen molar-refractivity contribution in [2.24, 2.45) is 10.2 Å². The predicted octanol–water partition coefficient (Wildman–Crippen LogP) is 1.46. The molecule has 0 bridgehead atoms. The molecule has 2 aromatic heterocycles. The second-order valence-corrected chi connectivity index (χ2v) is 4.68. The van der Waals surface area contributed by atoms with Gasteiger partial charge in [0, 0.05) is 0 Å². The first-order chi connectivity index (χ1) is 11.2. The van der Waals surface area contributed by atoms with Crippen molar-refractivity contribution in [2.45, 2.75) is 6.73 Å². The van der Waals surface area contributed by atoms with Gasteiger partial charge in [0.15, 0.2) is 11.2 Å². The van der Waals surface area contributed by atoms with E-state index < -0.39 is 0 Å². The average Bonchev–Trinajstić information content (AvgIpc) is 2.95. The molecule has 3 N–H and O–H groups in total. The van der Waals surface area contributed by atoms with Crippen LogP contribution >= 0.6 is 0 Å². The fourth-order valence-corrected chi connectivity index (χ4v) is 1.96. The zero-order valence-corrected chi connectivity index (χ0v) is 12.2. The molecular weight excluding hydrogens is 298 g/mol. The van der Waals surface area contributed by atoms with E-state index in [4.69, 9.17) is 10.5 Å². The van der Waals surface area contributed by atoms with Gasteiger partial charge in [0.1, 0.15) is 6.73 Å². The Bertz CT molecular complexity index is 870. The molecule has 0 aliphatic carbocycles. The van der Waals surface area contributed by atoms with Crippen molar-refractivity contribution < 1.29 is 4.74 Å². The minimum Gasteiger partial charge on any atom is -0.369 e. The Morgan fingerprint density at radius 2 is 2.13 bits per heavy atom. The molecular formula is C14H15N7O2. The number of hydrogen-bond donors (Lipinski definition) is 2. The molecule has 0 radical (unpaired) electrons. The van der Waals surface area contributed by atoms with Gasteiger partial charge in [0.2, 0.25) is 5.95 Å². The Morgan fingerprint density at radius 1 is 1.30 bits per heavy atom. The van der Waals surface area contributed by atoms with Crippen molar-refractivity contribution in [3.05, 3.63) is 47.0 Å². The highest BCUT2D eigenvalue weighted by Crippen LogP contribution is 2.10. The summed E-state index contributed by atoms with van der Waals surface area (Å²) < 4.78 is 7.09. The van der Waals surface area contributed by atoms with Crippen LogP contribution in [0.3, 0.4) is 0 Å². The van der Waals surface area contributed by atoms with Gasteiger partial charge in [-0.05, 0) is 12.1 Å². The number of H-pyrrole nitrogens is 1. The summed E-state index contributed by atoms with van der Waals surface area (Å²) >= 11 is 0. The fraction of sp³-hybridized carbons (Fsp3) is 0.214. The molecule has 0 unspecified atom stereocenters. The number of rotatable bonds is 6. The smallest absolute Gasteiger partial charge is 0.280 e. The zero-order chi connectivity index (χ0) is 16.1. The Kier molecular flexibility index (Phi) is 4.39. The molecule has 9 heteroatoms. The Balaban J connectivity index is 1.53. The molecule has 0 saturated heterocycles. The van der Waals surface area contributed by atoms with E-state index >= 15 is 0 Å². The summed E-state index contributed by atoms with van der Waals surface area (Å²) in [5.74, 6) is 0.0425. The van der Waals surface area contributed by atoms with Crippen LogP contribution in [-0.2, 0) is 11.5 Å². The molecule has 0 fully saturated rings. The third-order valence-electron chi connectivity index (χ3n) is 3.00. The fourth-order valence-electron chi connectivity index (χ4n) is 1.96. The van der Waals surface area contributed by atoms with Crippen LogP contribution in [0.15, 0.2) is 51.7 Å². The van der Waals surface area contributed by atoms with Crippen LogP contribution in [0.25, 0.3) is 11.2 Å². The SMILES string of the molecule is Nc1nc2c(ncn2COCCN=Nc2ccccc2)c(=O)[nH]1. The van der Waals surface area contributed by atoms with Gasteiger partial charge in [0.05, 0.1) is 25.2 Å². The number of anilines is 1. The topological polar surface area (TPSA) is 124 Å².